The van der Waals surface area contributed by atoms with E-state index in [1.54, 1.807) is 0 Å². The normalized spacial score (nSPS) is 11.9. The Balaban J connectivity index is 2.71. The van der Waals surface area contributed by atoms with Crippen molar-refractivity contribution in [1.82, 2.24) is 0 Å². The molecule has 0 aromatic heterocycles. The van der Waals surface area contributed by atoms with E-state index < -0.39 is 0 Å². The Morgan fingerprint density at radius 1 is 1.29 bits per heavy atom. The molecule has 0 heterocycles. The Bertz CT molecular complexity index is 317. The van der Waals surface area contributed by atoms with Crippen molar-refractivity contribution in [2.75, 3.05) is 0 Å². The van der Waals surface area contributed by atoms with Gasteiger partial charge in [-0.25, -0.2) is 4.99 Å². The van der Waals surface area contributed by atoms with Gasteiger partial charge in [0, 0.05) is 11.4 Å². The SMILES string of the molecule is C/C(=N/c1ccc(Br)cc1)OC(C)C. The van der Waals surface area contributed by atoms with Crippen molar-refractivity contribution in [3.63, 3.8) is 0 Å². The first-order valence-corrected chi connectivity index (χ1v) is 5.35. The van der Waals surface area contributed by atoms with Gasteiger partial charge < -0.3 is 4.74 Å². The van der Waals surface area contributed by atoms with Gasteiger partial charge in [-0.2, -0.15) is 0 Å². The lowest BCUT2D eigenvalue weighted by Crippen LogP contribution is -2.07. The second kappa shape index (κ2) is 5.15. The molecule has 1 aromatic rings. The molecule has 0 spiro atoms. The van der Waals surface area contributed by atoms with Gasteiger partial charge in [0.1, 0.15) is 0 Å². The minimum absolute atomic E-state index is 0.175. The van der Waals surface area contributed by atoms with Crippen molar-refractivity contribution in [2.45, 2.75) is 26.9 Å². The third kappa shape index (κ3) is 3.92. The van der Waals surface area contributed by atoms with Crippen LogP contribution in [0.15, 0.2) is 33.7 Å². The largest absolute Gasteiger partial charge is 0.478 e. The predicted molar refractivity (Wildman–Crippen MR) is 63.1 cm³/mol. The molecule has 3 heteroatoms. The van der Waals surface area contributed by atoms with Gasteiger partial charge in [-0.3, -0.25) is 0 Å². The van der Waals surface area contributed by atoms with Crippen LogP contribution in [-0.2, 0) is 4.74 Å². The molecule has 0 saturated heterocycles. The fraction of sp³-hybridized carbons (Fsp3) is 0.364. The number of rotatable bonds is 2. The van der Waals surface area contributed by atoms with E-state index >= 15 is 0 Å². The van der Waals surface area contributed by atoms with Gasteiger partial charge in [-0.05, 0) is 38.1 Å². The molecule has 0 amide bonds. The van der Waals surface area contributed by atoms with E-state index in [4.69, 9.17) is 4.74 Å². The first-order chi connectivity index (χ1) is 6.58. The van der Waals surface area contributed by atoms with E-state index in [1.165, 1.54) is 0 Å². The van der Waals surface area contributed by atoms with Crippen molar-refractivity contribution in [3.05, 3.63) is 28.7 Å². The van der Waals surface area contributed by atoms with Crippen molar-refractivity contribution in [2.24, 2.45) is 4.99 Å². The molecule has 0 aliphatic carbocycles. The molecule has 1 rings (SSSR count). The molecule has 0 unspecified atom stereocenters. The summed E-state index contributed by atoms with van der Waals surface area (Å²) in [5, 5.41) is 0. The maximum absolute atomic E-state index is 5.42. The summed E-state index contributed by atoms with van der Waals surface area (Å²) >= 11 is 3.37. The fourth-order valence-corrected chi connectivity index (χ4v) is 1.33. The number of benzene rings is 1. The van der Waals surface area contributed by atoms with Gasteiger partial charge >= 0.3 is 0 Å². The van der Waals surface area contributed by atoms with E-state index in [1.807, 2.05) is 45.0 Å². The number of nitrogens with zero attached hydrogens (tertiary/aromatic N) is 1. The highest BCUT2D eigenvalue weighted by molar-refractivity contribution is 9.10. The molecule has 0 fully saturated rings. The molecular weight excluding hydrogens is 242 g/mol. The quantitative estimate of drug-likeness (QED) is 0.580. The van der Waals surface area contributed by atoms with Gasteiger partial charge in [0.05, 0.1) is 11.8 Å². The molecule has 0 aliphatic heterocycles. The van der Waals surface area contributed by atoms with Crippen molar-refractivity contribution >= 4 is 27.5 Å². The van der Waals surface area contributed by atoms with Gasteiger partial charge in [0.25, 0.3) is 0 Å². The van der Waals surface area contributed by atoms with Crippen LogP contribution in [0.3, 0.4) is 0 Å². The van der Waals surface area contributed by atoms with Crippen molar-refractivity contribution in [1.29, 1.82) is 0 Å². The van der Waals surface area contributed by atoms with Gasteiger partial charge in [0.15, 0.2) is 5.90 Å². The highest BCUT2D eigenvalue weighted by Crippen LogP contribution is 2.17. The van der Waals surface area contributed by atoms with Crippen molar-refractivity contribution < 1.29 is 4.74 Å². The predicted octanol–water partition coefficient (Wildman–Crippen LogP) is 3.92. The summed E-state index contributed by atoms with van der Waals surface area (Å²) in [7, 11) is 0. The Labute approximate surface area is 93.1 Å². The van der Waals surface area contributed by atoms with E-state index in [0.29, 0.717) is 5.90 Å². The molecule has 0 saturated carbocycles. The minimum atomic E-state index is 0.175. The third-order valence-corrected chi connectivity index (χ3v) is 2.05. The van der Waals surface area contributed by atoms with E-state index in [0.717, 1.165) is 10.2 Å². The summed E-state index contributed by atoms with van der Waals surface area (Å²) in [4.78, 5) is 4.31. The molecule has 14 heavy (non-hydrogen) atoms. The maximum atomic E-state index is 5.42. The maximum Gasteiger partial charge on any atom is 0.185 e. The zero-order chi connectivity index (χ0) is 10.6. The first kappa shape index (κ1) is 11.2. The Kier molecular flexibility index (Phi) is 4.14. The Hall–Kier alpha value is -0.830. The van der Waals surface area contributed by atoms with E-state index in [9.17, 15) is 0 Å². The minimum Gasteiger partial charge on any atom is -0.478 e. The lowest BCUT2D eigenvalue weighted by Gasteiger charge is -2.08. The highest BCUT2D eigenvalue weighted by Gasteiger charge is 1.96. The fourth-order valence-electron chi connectivity index (χ4n) is 1.06. The number of hydrogen-bond acceptors (Lipinski definition) is 2. The first-order valence-electron chi connectivity index (χ1n) is 4.55. The van der Waals surface area contributed by atoms with Gasteiger partial charge in [0.2, 0.25) is 0 Å². The summed E-state index contributed by atoms with van der Waals surface area (Å²) in [5.41, 5.74) is 0.909. The molecule has 0 bridgehead atoms. The molecule has 76 valence electrons. The van der Waals surface area contributed by atoms with Crippen LogP contribution in [0.4, 0.5) is 5.69 Å². The lowest BCUT2D eigenvalue weighted by atomic mass is 10.3. The lowest BCUT2D eigenvalue weighted by molar-refractivity contribution is 0.226. The van der Waals surface area contributed by atoms with Crippen LogP contribution in [0.2, 0.25) is 0 Å². The molecule has 0 atom stereocenters. The summed E-state index contributed by atoms with van der Waals surface area (Å²) in [6.07, 6.45) is 0.175. The molecule has 1 aromatic carbocycles. The Morgan fingerprint density at radius 2 is 1.86 bits per heavy atom. The van der Waals surface area contributed by atoms with Crippen molar-refractivity contribution in [3.8, 4) is 0 Å². The topological polar surface area (TPSA) is 21.6 Å². The van der Waals surface area contributed by atoms with Crippen LogP contribution < -0.4 is 0 Å². The number of ether oxygens (including phenoxy) is 1. The van der Waals surface area contributed by atoms with Gasteiger partial charge in [-0.15, -0.1) is 0 Å². The monoisotopic (exact) mass is 255 g/mol. The summed E-state index contributed by atoms with van der Waals surface area (Å²) in [6, 6.07) is 7.80. The molecule has 0 aliphatic rings. The molecule has 0 N–H and O–H groups in total. The average Bonchev–Trinajstić information content (AvgIpc) is 2.07. The summed E-state index contributed by atoms with van der Waals surface area (Å²) in [5.74, 6) is 0.697. The van der Waals surface area contributed by atoms with Gasteiger partial charge in [-0.1, -0.05) is 15.9 Å². The Morgan fingerprint density at radius 3 is 2.36 bits per heavy atom. The van der Waals surface area contributed by atoms with Crippen LogP contribution in [-0.4, -0.2) is 12.0 Å². The van der Waals surface area contributed by atoms with Crippen LogP contribution >= 0.6 is 15.9 Å². The zero-order valence-electron chi connectivity index (χ0n) is 8.62. The molecule has 2 nitrogen and oxygen atoms in total. The van der Waals surface area contributed by atoms with E-state index in [2.05, 4.69) is 20.9 Å². The average molecular weight is 256 g/mol. The number of hydrogen-bond donors (Lipinski definition) is 0. The van der Waals surface area contributed by atoms with Crippen LogP contribution in [0.5, 0.6) is 0 Å². The third-order valence-electron chi connectivity index (χ3n) is 1.52. The standard InChI is InChI=1S/C11H14BrNO/c1-8(2)14-9(3)13-11-6-4-10(12)5-7-11/h4-8H,1-3H3/b13-9-. The number of halogens is 1. The van der Waals surface area contributed by atoms with E-state index in [-0.39, 0.29) is 6.10 Å². The molecular formula is C11H14BrNO. The van der Waals surface area contributed by atoms with Crippen LogP contribution in [0, 0.1) is 0 Å². The summed E-state index contributed by atoms with van der Waals surface area (Å²) in [6.45, 7) is 5.84. The highest BCUT2D eigenvalue weighted by atomic mass is 79.9. The van der Waals surface area contributed by atoms with Crippen LogP contribution in [0.1, 0.15) is 20.8 Å². The second-order valence-corrected chi connectivity index (χ2v) is 4.19. The summed E-state index contributed by atoms with van der Waals surface area (Å²) < 4.78 is 6.48. The number of aliphatic imine (C=N–C) groups is 1. The van der Waals surface area contributed by atoms with Crippen LogP contribution in [0.25, 0.3) is 0 Å². The second-order valence-electron chi connectivity index (χ2n) is 3.27. The molecule has 0 radical (unpaired) electrons. The smallest absolute Gasteiger partial charge is 0.185 e. The zero-order valence-corrected chi connectivity index (χ0v) is 10.2.